The van der Waals surface area contributed by atoms with E-state index in [4.69, 9.17) is 25.3 Å². The van der Waals surface area contributed by atoms with Crippen LogP contribution < -0.4 is 16.0 Å². The van der Waals surface area contributed by atoms with Crippen molar-refractivity contribution in [3.63, 3.8) is 0 Å². The van der Waals surface area contributed by atoms with Crippen molar-refractivity contribution in [3.05, 3.63) is 35.2 Å². The Morgan fingerprint density at radius 3 is 2.57 bits per heavy atom. The van der Waals surface area contributed by atoms with Gasteiger partial charge in [0.25, 0.3) is 11.9 Å². The normalized spacial score (nSPS) is 17.2. The maximum Gasteiger partial charge on any atom is 0.494 e. The summed E-state index contributed by atoms with van der Waals surface area (Å²) >= 11 is 6.22. The first-order valence-electron chi connectivity index (χ1n) is 8.58. The van der Waals surface area contributed by atoms with Gasteiger partial charge >= 0.3 is 14.5 Å². The van der Waals surface area contributed by atoms with E-state index in [1.54, 1.807) is 18.2 Å². The first-order chi connectivity index (χ1) is 13.1. The molecular formula is C17H19B2ClN3O5. The maximum absolute atomic E-state index is 12.4. The van der Waals surface area contributed by atoms with E-state index in [2.05, 4.69) is 15.5 Å². The molecule has 2 aromatic rings. The van der Waals surface area contributed by atoms with Gasteiger partial charge in [0.1, 0.15) is 12.4 Å². The van der Waals surface area contributed by atoms with Crippen LogP contribution in [0.3, 0.4) is 0 Å². The summed E-state index contributed by atoms with van der Waals surface area (Å²) in [6.45, 7) is 7.85. The highest BCUT2D eigenvalue weighted by molar-refractivity contribution is 6.69. The molecule has 0 atom stereocenters. The molecule has 2 N–H and O–H groups in total. The molecule has 1 aliphatic heterocycles. The van der Waals surface area contributed by atoms with E-state index in [1.165, 1.54) is 6.26 Å². The van der Waals surface area contributed by atoms with E-state index in [0.29, 0.717) is 16.9 Å². The lowest BCUT2D eigenvalue weighted by molar-refractivity contribution is 0.00578. The number of carbonyl (C=O) groups is 2. The molecule has 8 nitrogen and oxygen atoms in total. The van der Waals surface area contributed by atoms with E-state index in [-0.39, 0.29) is 11.7 Å². The Labute approximate surface area is 168 Å². The zero-order valence-electron chi connectivity index (χ0n) is 15.9. The molecule has 3 rings (SSSR count). The van der Waals surface area contributed by atoms with Gasteiger partial charge < -0.3 is 29.1 Å². The molecule has 1 amide bonds. The van der Waals surface area contributed by atoms with Crippen molar-refractivity contribution in [1.29, 1.82) is 0 Å². The fourth-order valence-corrected chi connectivity index (χ4v) is 2.67. The van der Waals surface area contributed by atoms with E-state index >= 15 is 0 Å². The monoisotopic (exact) mass is 402 g/mol. The van der Waals surface area contributed by atoms with Crippen molar-refractivity contribution in [3.8, 4) is 0 Å². The molecule has 1 saturated heterocycles. The van der Waals surface area contributed by atoms with Gasteiger partial charge in [0, 0.05) is 0 Å². The first-order valence-corrected chi connectivity index (χ1v) is 8.96. The number of hydrogen-bond acceptors (Lipinski definition) is 7. The summed E-state index contributed by atoms with van der Waals surface area (Å²) in [4.78, 5) is 26.7. The number of rotatable bonds is 6. The average Bonchev–Trinajstić information content (AvgIpc) is 3.17. The average molecular weight is 402 g/mol. The highest BCUT2D eigenvalue weighted by Crippen LogP contribution is 2.36. The van der Waals surface area contributed by atoms with Gasteiger partial charge in [-0.05, 0) is 45.3 Å². The minimum atomic E-state index is -0.584. The third kappa shape index (κ3) is 4.09. The number of amides is 1. The highest BCUT2D eigenvalue weighted by atomic mass is 35.5. The minimum absolute atomic E-state index is 0.0225. The Hall–Kier alpha value is -2.29. The van der Waals surface area contributed by atoms with Gasteiger partial charge in [-0.15, -0.1) is 0 Å². The van der Waals surface area contributed by atoms with Crippen LogP contribution in [-0.2, 0) is 14.1 Å². The summed E-state index contributed by atoms with van der Waals surface area (Å²) in [7, 11) is 0.512. The molecule has 0 saturated carbocycles. The standard InChI is InChI=1S/C17H19B2ClN3O5/c1-16(2)17(3,4)28-19(27-16)10-5-6-11(20)12(7-10)21-14(25)13-8-26-15(22-13)23-18-9-24/h5-9H,1-4H3,(H,21,25)(H,22,23). The lowest BCUT2D eigenvalue weighted by Crippen LogP contribution is -2.41. The Balaban J connectivity index is 1.76. The number of nitrogens with zero attached hydrogens (tertiary/aromatic N) is 1. The molecule has 11 heteroatoms. The molecule has 0 bridgehead atoms. The smallest absolute Gasteiger partial charge is 0.432 e. The van der Waals surface area contributed by atoms with Crippen molar-refractivity contribution in [1.82, 2.24) is 4.98 Å². The first kappa shape index (κ1) is 20.4. The van der Waals surface area contributed by atoms with Gasteiger partial charge in [0.15, 0.2) is 5.69 Å². The molecule has 28 heavy (non-hydrogen) atoms. The second-order valence-electron chi connectivity index (χ2n) is 7.27. The van der Waals surface area contributed by atoms with E-state index in [0.717, 1.165) is 12.9 Å². The number of anilines is 2. The van der Waals surface area contributed by atoms with Gasteiger partial charge in [-0.3, -0.25) is 4.79 Å². The summed E-state index contributed by atoms with van der Waals surface area (Å²) in [5, 5.41) is 5.54. The zero-order chi connectivity index (χ0) is 20.5. The molecule has 145 valence electrons. The number of halogens is 1. The number of aromatic nitrogens is 1. The summed E-state index contributed by atoms with van der Waals surface area (Å²) < 4.78 is 17.1. The van der Waals surface area contributed by atoms with Crippen LogP contribution in [0, 0.1) is 0 Å². The number of nitrogens with one attached hydrogen (secondary N) is 2. The molecule has 1 radical (unpaired) electrons. The Morgan fingerprint density at radius 2 is 1.93 bits per heavy atom. The molecule has 1 aliphatic rings. The van der Waals surface area contributed by atoms with E-state index in [1.807, 2.05) is 27.7 Å². The second kappa shape index (κ2) is 7.62. The minimum Gasteiger partial charge on any atom is -0.432 e. The summed E-state index contributed by atoms with van der Waals surface area (Å²) in [6.07, 6.45) is 1.70. The van der Waals surface area contributed by atoms with Gasteiger partial charge in [-0.2, -0.15) is 4.98 Å². The maximum atomic E-state index is 12.4. The van der Waals surface area contributed by atoms with E-state index in [9.17, 15) is 9.59 Å². The van der Waals surface area contributed by atoms with Crippen LogP contribution in [0.25, 0.3) is 0 Å². The second-order valence-corrected chi connectivity index (χ2v) is 7.67. The predicted octanol–water partition coefficient (Wildman–Crippen LogP) is 2.10. The fourth-order valence-electron chi connectivity index (χ4n) is 2.50. The highest BCUT2D eigenvalue weighted by Gasteiger charge is 2.51. The summed E-state index contributed by atoms with van der Waals surface area (Å²) in [5.74, 6) is -0.518. The van der Waals surface area contributed by atoms with Crippen molar-refractivity contribution in [2.75, 3.05) is 10.5 Å². The molecule has 0 aliphatic carbocycles. The zero-order valence-corrected chi connectivity index (χ0v) is 16.7. The van der Waals surface area contributed by atoms with Gasteiger partial charge in [-0.1, -0.05) is 17.7 Å². The van der Waals surface area contributed by atoms with Crippen molar-refractivity contribution in [2.45, 2.75) is 38.9 Å². The molecule has 2 heterocycles. The van der Waals surface area contributed by atoms with Gasteiger partial charge in [-0.25, -0.2) is 0 Å². The molecule has 1 aromatic carbocycles. The van der Waals surface area contributed by atoms with Crippen LogP contribution >= 0.6 is 11.6 Å². The summed E-state index contributed by atoms with van der Waals surface area (Å²) in [6, 6.07) is 5.16. The Morgan fingerprint density at radius 1 is 1.25 bits per heavy atom. The topological polar surface area (TPSA) is 103 Å². The van der Waals surface area contributed by atoms with Gasteiger partial charge in [0.2, 0.25) is 0 Å². The lowest BCUT2D eigenvalue weighted by atomic mass is 9.79. The Bertz CT molecular complexity index is 887. The molecule has 1 aromatic heterocycles. The van der Waals surface area contributed by atoms with Crippen molar-refractivity contribution in [2.24, 2.45) is 0 Å². The molecular weight excluding hydrogens is 383 g/mol. The SMILES string of the molecule is CC1(C)OB(c2ccc(Cl)c(NC(=O)c3coc(N[B]C=O)n3)c2)OC1(C)C. The Kier molecular flexibility index (Phi) is 5.56. The lowest BCUT2D eigenvalue weighted by Gasteiger charge is -2.32. The van der Waals surface area contributed by atoms with Gasteiger partial charge in [0.05, 0.1) is 21.9 Å². The van der Waals surface area contributed by atoms with Crippen molar-refractivity contribution >= 4 is 55.4 Å². The van der Waals surface area contributed by atoms with Crippen LogP contribution in [0.2, 0.25) is 5.02 Å². The van der Waals surface area contributed by atoms with Crippen LogP contribution in [0.15, 0.2) is 28.9 Å². The largest absolute Gasteiger partial charge is 0.494 e. The predicted molar refractivity (Wildman–Crippen MR) is 108 cm³/mol. The quantitative estimate of drug-likeness (QED) is 0.563. The molecule has 0 unspecified atom stereocenters. The summed E-state index contributed by atoms with van der Waals surface area (Å²) in [5.41, 5.74) is 0.170. The fraction of sp³-hybridized carbons (Fsp3) is 0.353. The van der Waals surface area contributed by atoms with Crippen LogP contribution in [-0.4, -0.2) is 42.8 Å². The van der Waals surface area contributed by atoms with E-state index < -0.39 is 24.2 Å². The van der Waals surface area contributed by atoms with Crippen LogP contribution in [0.4, 0.5) is 11.7 Å². The number of oxazole rings is 1. The number of carbonyl (C=O) groups excluding carboxylic acids is 2. The molecule has 1 fully saturated rings. The number of benzene rings is 1. The number of hydrogen-bond donors (Lipinski definition) is 2. The third-order valence-electron chi connectivity index (χ3n) is 4.78. The van der Waals surface area contributed by atoms with Crippen LogP contribution in [0.1, 0.15) is 38.2 Å². The van der Waals surface area contributed by atoms with Crippen LogP contribution in [0.5, 0.6) is 0 Å². The third-order valence-corrected chi connectivity index (χ3v) is 5.11. The van der Waals surface area contributed by atoms with Crippen molar-refractivity contribution < 1.29 is 23.3 Å². The molecule has 0 spiro atoms.